The minimum atomic E-state index is -0.218. The van der Waals surface area contributed by atoms with E-state index in [0.717, 1.165) is 25.8 Å². The van der Waals surface area contributed by atoms with Gasteiger partial charge in [0.25, 0.3) is 0 Å². The second kappa shape index (κ2) is 5.02. The first kappa shape index (κ1) is 10.3. The van der Waals surface area contributed by atoms with Crippen molar-refractivity contribution in [3.8, 4) is 0 Å². The van der Waals surface area contributed by atoms with Crippen LogP contribution in [-0.4, -0.2) is 20.8 Å². The summed E-state index contributed by atoms with van der Waals surface area (Å²) in [4.78, 5) is 4.10. The van der Waals surface area contributed by atoms with Crippen LogP contribution in [0.5, 0.6) is 0 Å². The lowest BCUT2D eigenvalue weighted by atomic mass is 10.2. The third-order valence-corrected chi connectivity index (χ3v) is 2.08. The highest BCUT2D eigenvalue weighted by atomic mass is 16.3. The summed E-state index contributed by atoms with van der Waals surface area (Å²) in [6.45, 7) is 4.99. The van der Waals surface area contributed by atoms with Gasteiger partial charge < -0.3 is 9.67 Å². The second-order valence-corrected chi connectivity index (χ2v) is 3.47. The van der Waals surface area contributed by atoms with Crippen molar-refractivity contribution in [3.63, 3.8) is 0 Å². The summed E-state index contributed by atoms with van der Waals surface area (Å²) in [5.41, 5.74) is 1.22. The molecule has 3 nitrogen and oxygen atoms in total. The first-order valence-corrected chi connectivity index (χ1v) is 4.91. The number of aliphatic hydroxyl groups is 1. The lowest BCUT2D eigenvalue weighted by Gasteiger charge is -2.07. The van der Waals surface area contributed by atoms with Crippen molar-refractivity contribution in [1.29, 1.82) is 0 Å². The quantitative estimate of drug-likeness (QED) is 0.751. The number of aromatic nitrogens is 2. The molecule has 0 aliphatic carbocycles. The van der Waals surface area contributed by atoms with Gasteiger partial charge in [-0.05, 0) is 26.2 Å². The van der Waals surface area contributed by atoms with Gasteiger partial charge in [0.05, 0.1) is 12.4 Å². The molecular formula is C10H18N2O. The Labute approximate surface area is 79.4 Å². The van der Waals surface area contributed by atoms with Crippen molar-refractivity contribution >= 4 is 0 Å². The number of aliphatic hydroxyl groups excluding tert-OH is 1. The van der Waals surface area contributed by atoms with Crippen LogP contribution in [-0.2, 0) is 13.0 Å². The minimum Gasteiger partial charge on any atom is -0.393 e. The molecular weight excluding hydrogens is 164 g/mol. The van der Waals surface area contributed by atoms with Gasteiger partial charge in [-0.1, -0.05) is 6.92 Å². The van der Waals surface area contributed by atoms with Gasteiger partial charge in [-0.15, -0.1) is 0 Å². The first-order chi connectivity index (χ1) is 6.24. The number of imidazole rings is 1. The fourth-order valence-electron chi connectivity index (χ4n) is 1.36. The molecule has 13 heavy (non-hydrogen) atoms. The average molecular weight is 182 g/mol. The molecule has 0 radical (unpaired) electrons. The van der Waals surface area contributed by atoms with E-state index in [1.54, 1.807) is 0 Å². The monoisotopic (exact) mass is 182 g/mol. The molecule has 1 atom stereocenters. The van der Waals surface area contributed by atoms with Gasteiger partial charge in [-0.3, -0.25) is 0 Å². The predicted molar refractivity (Wildman–Crippen MR) is 52.5 cm³/mol. The van der Waals surface area contributed by atoms with Crippen LogP contribution in [0.25, 0.3) is 0 Å². The highest BCUT2D eigenvalue weighted by Gasteiger charge is 2.02. The highest BCUT2D eigenvalue weighted by molar-refractivity contribution is 4.98. The van der Waals surface area contributed by atoms with E-state index in [0.29, 0.717) is 0 Å². The van der Waals surface area contributed by atoms with E-state index in [4.69, 9.17) is 5.11 Å². The lowest BCUT2D eigenvalue weighted by Crippen LogP contribution is -2.06. The average Bonchev–Trinajstić information content (AvgIpc) is 2.49. The van der Waals surface area contributed by atoms with Crippen LogP contribution in [0.1, 0.15) is 32.4 Å². The largest absolute Gasteiger partial charge is 0.393 e. The highest BCUT2D eigenvalue weighted by Crippen LogP contribution is 2.05. The van der Waals surface area contributed by atoms with Gasteiger partial charge in [0.1, 0.15) is 0 Å². The van der Waals surface area contributed by atoms with Crippen LogP contribution in [0.3, 0.4) is 0 Å². The van der Waals surface area contributed by atoms with Gasteiger partial charge >= 0.3 is 0 Å². The fraction of sp³-hybridized carbons (Fsp3) is 0.700. The van der Waals surface area contributed by atoms with Gasteiger partial charge in [0.2, 0.25) is 0 Å². The summed E-state index contributed by atoms with van der Waals surface area (Å²) in [6.07, 6.45) is 6.38. The minimum absolute atomic E-state index is 0.218. The maximum absolute atomic E-state index is 9.14. The van der Waals surface area contributed by atoms with Crippen LogP contribution >= 0.6 is 0 Å². The molecule has 0 aliphatic heterocycles. The molecule has 0 saturated carbocycles. The summed E-state index contributed by atoms with van der Waals surface area (Å²) in [5, 5.41) is 9.14. The second-order valence-electron chi connectivity index (χ2n) is 3.47. The molecule has 0 saturated heterocycles. The predicted octanol–water partition coefficient (Wildman–Crippen LogP) is 1.61. The van der Waals surface area contributed by atoms with Gasteiger partial charge in [-0.25, -0.2) is 4.98 Å². The Hall–Kier alpha value is -0.830. The van der Waals surface area contributed by atoms with E-state index in [1.807, 2.05) is 19.4 Å². The standard InChI is InChI=1S/C10H18N2O/c1-3-6-12-8-11-7-10(12)5-4-9(2)13/h7-9,13H,3-6H2,1-2H3. The Morgan fingerprint density at radius 3 is 3.00 bits per heavy atom. The van der Waals surface area contributed by atoms with Crippen LogP contribution in [0.15, 0.2) is 12.5 Å². The summed E-state index contributed by atoms with van der Waals surface area (Å²) >= 11 is 0. The Morgan fingerprint density at radius 1 is 1.62 bits per heavy atom. The van der Waals surface area contributed by atoms with Gasteiger partial charge in [0.15, 0.2) is 0 Å². The van der Waals surface area contributed by atoms with Crippen LogP contribution in [0, 0.1) is 0 Å². The van der Waals surface area contributed by atoms with Gasteiger partial charge in [-0.2, -0.15) is 0 Å². The topological polar surface area (TPSA) is 38.0 Å². The van der Waals surface area contributed by atoms with Crippen molar-refractivity contribution in [1.82, 2.24) is 9.55 Å². The molecule has 0 spiro atoms. The van der Waals surface area contributed by atoms with Crippen LogP contribution in [0.2, 0.25) is 0 Å². The Morgan fingerprint density at radius 2 is 2.38 bits per heavy atom. The fourth-order valence-corrected chi connectivity index (χ4v) is 1.36. The zero-order valence-corrected chi connectivity index (χ0v) is 8.40. The maximum atomic E-state index is 9.14. The molecule has 1 aromatic rings. The number of hydrogen-bond acceptors (Lipinski definition) is 2. The first-order valence-electron chi connectivity index (χ1n) is 4.91. The zero-order valence-electron chi connectivity index (χ0n) is 8.40. The molecule has 3 heteroatoms. The maximum Gasteiger partial charge on any atom is 0.0948 e. The van der Waals surface area contributed by atoms with E-state index >= 15 is 0 Å². The summed E-state index contributed by atoms with van der Waals surface area (Å²) in [7, 11) is 0. The van der Waals surface area contributed by atoms with Crippen molar-refractivity contribution < 1.29 is 5.11 Å². The Kier molecular flexibility index (Phi) is 3.96. The van der Waals surface area contributed by atoms with E-state index in [2.05, 4.69) is 16.5 Å². The molecule has 0 bridgehead atoms. The smallest absolute Gasteiger partial charge is 0.0948 e. The SMILES string of the molecule is CCCn1cncc1CCC(C)O. The number of aryl methyl sites for hydroxylation is 2. The van der Waals surface area contributed by atoms with Crippen LogP contribution in [0.4, 0.5) is 0 Å². The van der Waals surface area contributed by atoms with Gasteiger partial charge in [0, 0.05) is 18.4 Å². The van der Waals surface area contributed by atoms with Crippen LogP contribution < -0.4 is 0 Å². The number of nitrogens with zero attached hydrogens (tertiary/aromatic N) is 2. The van der Waals surface area contributed by atoms with E-state index < -0.39 is 0 Å². The molecule has 0 fully saturated rings. The third kappa shape index (κ3) is 3.19. The molecule has 74 valence electrons. The molecule has 1 heterocycles. The molecule has 1 N–H and O–H groups in total. The normalized spacial score (nSPS) is 13.2. The number of hydrogen-bond donors (Lipinski definition) is 1. The molecule has 0 amide bonds. The Balaban J connectivity index is 2.49. The lowest BCUT2D eigenvalue weighted by molar-refractivity contribution is 0.184. The molecule has 0 aliphatic rings. The van der Waals surface area contributed by atoms with E-state index in [-0.39, 0.29) is 6.10 Å². The zero-order chi connectivity index (χ0) is 9.68. The van der Waals surface area contributed by atoms with Crippen molar-refractivity contribution in [2.24, 2.45) is 0 Å². The summed E-state index contributed by atoms with van der Waals surface area (Å²) < 4.78 is 2.16. The summed E-state index contributed by atoms with van der Waals surface area (Å²) in [5.74, 6) is 0. The summed E-state index contributed by atoms with van der Waals surface area (Å²) in [6, 6.07) is 0. The molecule has 1 unspecified atom stereocenters. The third-order valence-electron chi connectivity index (χ3n) is 2.08. The van der Waals surface area contributed by atoms with Crippen molar-refractivity contribution in [2.75, 3.05) is 0 Å². The number of rotatable bonds is 5. The molecule has 1 aromatic heterocycles. The molecule has 1 rings (SSSR count). The van der Waals surface area contributed by atoms with E-state index in [9.17, 15) is 0 Å². The van der Waals surface area contributed by atoms with E-state index in [1.165, 1.54) is 5.69 Å². The van der Waals surface area contributed by atoms with Crippen molar-refractivity contribution in [3.05, 3.63) is 18.2 Å². The Bertz CT molecular complexity index is 243. The molecule has 0 aromatic carbocycles. The van der Waals surface area contributed by atoms with Crippen molar-refractivity contribution in [2.45, 2.75) is 45.8 Å².